The van der Waals surface area contributed by atoms with Crippen LogP contribution >= 0.6 is 0 Å². The minimum atomic E-state index is -0.784. The SMILES string of the molecule is CCOc1ccccc1-c1nc(C2CC(=O)N(c3ccc(F)cc3F)C2)no1. The number of ether oxygens (including phenoxy) is 1. The standard InChI is InChI=1S/C20H17F2N3O3/c1-2-27-17-6-4-3-5-14(17)20-23-19(24-28-20)12-9-18(26)25(11-12)16-8-7-13(21)10-15(16)22/h3-8,10,12H,2,9,11H2,1H3. The van der Waals surface area contributed by atoms with Gasteiger partial charge in [0.15, 0.2) is 5.82 Å². The number of benzene rings is 2. The van der Waals surface area contributed by atoms with Crippen LogP contribution in [-0.2, 0) is 4.79 Å². The van der Waals surface area contributed by atoms with E-state index in [4.69, 9.17) is 9.26 Å². The zero-order chi connectivity index (χ0) is 19.7. The first-order valence-corrected chi connectivity index (χ1v) is 8.88. The number of hydrogen-bond donors (Lipinski definition) is 0. The minimum Gasteiger partial charge on any atom is -0.493 e. The van der Waals surface area contributed by atoms with Crippen molar-refractivity contribution in [3.05, 3.63) is 59.9 Å². The van der Waals surface area contributed by atoms with Gasteiger partial charge >= 0.3 is 0 Å². The Morgan fingerprint density at radius 2 is 2.07 bits per heavy atom. The molecule has 1 amide bonds. The summed E-state index contributed by atoms with van der Waals surface area (Å²) < 4.78 is 38.1. The van der Waals surface area contributed by atoms with Crippen molar-refractivity contribution in [2.24, 2.45) is 0 Å². The van der Waals surface area contributed by atoms with E-state index in [1.165, 1.54) is 11.0 Å². The van der Waals surface area contributed by atoms with Crippen molar-refractivity contribution in [3.8, 4) is 17.2 Å². The molecule has 6 nitrogen and oxygen atoms in total. The first kappa shape index (κ1) is 18.1. The molecule has 3 aromatic rings. The van der Waals surface area contributed by atoms with Crippen molar-refractivity contribution in [3.63, 3.8) is 0 Å². The lowest BCUT2D eigenvalue weighted by Gasteiger charge is -2.16. The van der Waals surface area contributed by atoms with E-state index in [0.717, 1.165) is 12.1 Å². The van der Waals surface area contributed by atoms with Crippen molar-refractivity contribution in [2.75, 3.05) is 18.1 Å². The number of aromatic nitrogens is 2. The third-order valence-electron chi connectivity index (χ3n) is 4.55. The van der Waals surface area contributed by atoms with Crippen LogP contribution in [0.3, 0.4) is 0 Å². The molecule has 1 aliphatic heterocycles. The van der Waals surface area contributed by atoms with Gasteiger partial charge in [-0.3, -0.25) is 4.79 Å². The topological polar surface area (TPSA) is 68.5 Å². The largest absolute Gasteiger partial charge is 0.493 e. The molecule has 1 unspecified atom stereocenters. The molecule has 2 aromatic carbocycles. The van der Waals surface area contributed by atoms with E-state index in [9.17, 15) is 13.6 Å². The molecule has 144 valence electrons. The molecule has 1 atom stereocenters. The summed E-state index contributed by atoms with van der Waals surface area (Å²) in [5, 5.41) is 4.00. The Bertz CT molecular complexity index is 1020. The van der Waals surface area contributed by atoms with Crippen molar-refractivity contribution in [1.29, 1.82) is 0 Å². The van der Waals surface area contributed by atoms with Crippen molar-refractivity contribution in [1.82, 2.24) is 10.1 Å². The molecule has 0 N–H and O–H groups in total. The number of nitrogens with zero attached hydrogens (tertiary/aromatic N) is 3. The van der Waals surface area contributed by atoms with E-state index in [-0.39, 0.29) is 36.4 Å². The summed E-state index contributed by atoms with van der Waals surface area (Å²) in [5.41, 5.74) is 0.702. The summed E-state index contributed by atoms with van der Waals surface area (Å²) in [6.45, 7) is 2.56. The van der Waals surface area contributed by atoms with Crippen LogP contribution in [0.4, 0.5) is 14.5 Å². The van der Waals surface area contributed by atoms with Gasteiger partial charge in [-0.05, 0) is 31.2 Å². The lowest BCUT2D eigenvalue weighted by Crippen LogP contribution is -2.25. The van der Waals surface area contributed by atoms with Crippen molar-refractivity contribution >= 4 is 11.6 Å². The molecule has 0 bridgehead atoms. The molecule has 0 spiro atoms. The normalized spacial score (nSPS) is 16.6. The second-order valence-electron chi connectivity index (χ2n) is 6.39. The molecule has 4 rings (SSSR count). The summed E-state index contributed by atoms with van der Waals surface area (Å²) in [6, 6.07) is 10.4. The van der Waals surface area contributed by atoms with Gasteiger partial charge in [-0.15, -0.1) is 0 Å². The van der Waals surface area contributed by atoms with E-state index < -0.39 is 11.6 Å². The second-order valence-corrected chi connectivity index (χ2v) is 6.39. The Morgan fingerprint density at radius 1 is 1.25 bits per heavy atom. The van der Waals surface area contributed by atoms with Gasteiger partial charge in [0.2, 0.25) is 5.91 Å². The minimum absolute atomic E-state index is 0.0410. The third kappa shape index (κ3) is 3.33. The summed E-state index contributed by atoms with van der Waals surface area (Å²) >= 11 is 0. The molecule has 0 saturated carbocycles. The van der Waals surface area contributed by atoms with Crippen LogP contribution in [-0.4, -0.2) is 29.2 Å². The maximum atomic E-state index is 14.1. The van der Waals surface area contributed by atoms with Crippen LogP contribution in [0.5, 0.6) is 5.75 Å². The van der Waals surface area contributed by atoms with Crippen LogP contribution < -0.4 is 9.64 Å². The maximum absolute atomic E-state index is 14.1. The van der Waals surface area contributed by atoms with Crippen molar-refractivity contribution in [2.45, 2.75) is 19.3 Å². The summed E-state index contributed by atoms with van der Waals surface area (Å²) in [4.78, 5) is 18.1. The fraction of sp³-hybridized carbons (Fsp3) is 0.250. The van der Waals surface area contributed by atoms with Gasteiger partial charge in [0.1, 0.15) is 17.4 Å². The first-order valence-electron chi connectivity index (χ1n) is 8.88. The summed E-state index contributed by atoms with van der Waals surface area (Å²) in [7, 11) is 0. The van der Waals surface area contributed by atoms with Gasteiger partial charge in [-0.25, -0.2) is 8.78 Å². The fourth-order valence-corrected chi connectivity index (χ4v) is 3.25. The number of carbonyl (C=O) groups excluding carboxylic acids is 1. The van der Waals surface area contributed by atoms with Crippen LogP contribution in [0, 0.1) is 11.6 Å². The van der Waals surface area contributed by atoms with Crippen LogP contribution in [0.1, 0.15) is 25.1 Å². The highest BCUT2D eigenvalue weighted by atomic mass is 19.1. The van der Waals surface area contributed by atoms with Gasteiger partial charge in [0.25, 0.3) is 5.89 Å². The lowest BCUT2D eigenvalue weighted by molar-refractivity contribution is -0.117. The summed E-state index contributed by atoms with van der Waals surface area (Å²) in [6.07, 6.45) is 0.114. The highest BCUT2D eigenvalue weighted by Crippen LogP contribution is 2.34. The Kier molecular flexibility index (Phi) is 4.77. The molecule has 2 heterocycles. The maximum Gasteiger partial charge on any atom is 0.261 e. The van der Waals surface area contributed by atoms with E-state index >= 15 is 0 Å². The third-order valence-corrected chi connectivity index (χ3v) is 4.55. The van der Waals surface area contributed by atoms with Crippen LogP contribution in [0.25, 0.3) is 11.5 Å². The Balaban J connectivity index is 1.58. The second kappa shape index (κ2) is 7.38. The predicted octanol–water partition coefficient (Wildman–Crippen LogP) is 3.93. The highest BCUT2D eigenvalue weighted by Gasteiger charge is 2.36. The van der Waals surface area contributed by atoms with Gasteiger partial charge in [-0.1, -0.05) is 17.3 Å². The first-order chi connectivity index (χ1) is 13.6. The van der Waals surface area contributed by atoms with Gasteiger partial charge < -0.3 is 14.2 Å². The molecule has 0 aliphatic carbocycles. The fourth-order valence-electron chi connectivity index (χ4n) is 3.25. The molecule has 1 aliphatic rings. The number of halogens is 2. The molecular weight excluding hydrogens is 368 g/mol. The van der Waals surface area contributed by atoms with E-state index in [1.54, 1.807) is 6.07 Å². The molecule has 8 heteroatoms. The van der Waals surface area contributed by atoms with Crippen molar-refractivity contribution < 1.29 is 22.8 Å². The number of amides is 1. The number of para-hydroxylation sites is 1. The molecule has 1 fully saturated rings. The zero-order valence-corrected chi connectivity index (χ0v) is 15.1. The quantitative estimate of drug-likeness (QED) is 0.666. The monoisotopic (exact) mass is 385 g/mol. The van der Waals surface area contributed by atoms with E-state index in [2.05, 4.69) is 10.1 Å². The Hall–Kier alpha value is -3.29. The average molecular weight is 385 g/mol. The highest BCUT2D eigenvalue weighted by molar-refractivity contribution is 5.96. The molecular formula is C20H17F2N3O3. The molecule has 0 radical (unpaired) electrons. The molecule has 1 aromatic heterocycles. The Labute approximate surface area is 159 Å². The summed E-state index contributed by atoms with van der Waals surface area (Å²) in [5.74, 6) is -0.839. The Morgan fingerprint density at radius 3 is 2.86 bits per heavy atom. The smallest absolute Gasteiger partial charge is 0.261 e. The predicted molar refractivity (Wildman–Crippen MR) is 97.0 cm³/mol. The van der Waals surface area contributed by atoms with Gasteiger partial charge in [0.05, 0.1) is 17.9 Å². The average Bonchev–Trinajstić information content (AvgIpc) is 3.30. The van der Waals surface area contributed by atoms with E-state index in [1.807, 2.05) is 25.1 Å². The van der Waals surface area contributed by atoms with Gasteiger partial charge in [0, 0.05) is 24.9 Å². The van der Waals surface area contributed by atoms with Gasteiger partial charge in [-0.2, -0.15) is 4.98 Å². The number of hydrogen-bond acceptors (Lipinski definition) is 5. The van der Waals surface area contributed by atoms with Crippen LogP contribution in [0.2, 0.25) is 0 Å². The number of rotatable bonds is 5. The zero-order valence-electron chi connectivity index (χ0n) is 15.1. The molecule has 28 heavy (non-hydrogen) atoms. The number of carbonyl (C=O) groups is 1. The van der Waals surface area contributed by atoms with Crippen LogP contribution in [0.15, 0.2) is 47.0 Å². The molecule has 1 saturated heterocycles. The number of anilines is 1. The lowest BCUT2D eigenvalue weighted by atomic mass is 10.1. The van der Waals surface area contributed by atoms with E-state index in [0.29, 0.717) is 23.7 Å².